The maximum absolute atomic E-state index is 12.9. The molecule has 1 aromatic rings. The van der Waals surface area contributed by atoms with E-state index >= 15 is 0 Å². The molecule has 6 nitrogen and oxygen atoms in total. The number of benzene rings is 1. The van der Waals surface area contributed by atoms with Crippen molar-refractivity contribution in [3.05, 3.63) is 35.9 Å². The number of nitrogens with one attached hydrogen (secondary N) is 2. The van der Waals surface area contributed by atoms with Crippen LogP contribution in [0.15, 0.2) is 30.3 Å². The first-order valence-electron chi connectivity index (χ1n) is 10.5. The summed E-state index contributed by atoms with van der Waals surface area (Å²) in [5.41, 5.74) is 0.885. The van der Waals surface area contributed by atoms with Gasteiger partial charge in [0.1, 0.15) is 0 Å². The number of ether oxygens (including phenoxy) is 1. The smallest absolute Gasteiger partial charge is 0.227 e. The van der Waals surface area contributed by atoms with E-state index in [4.69, 9.17) is 4.74 Å². The molecule has 2 heterocycles. The third kappa shape index (κ3) is 3.80. The van der Waals surface area contributed by atoms with Gasteiger partial charge in [-0.2, -0.15) is 0 Å². The Hall–Kier alpha value is -1.92. The molecule has 3 aliphatic rings. The van der Waals surface area contributed by atoms with E-state index in [1.165, 1.54) is 5.56 Å². The fraction of sp³-hybridized carbons (Fsp3) is 0.636. The summed E-state index contributed by atoms with van der Waals surface area (Å²) in [4.78, 5) is 27.9. The topological polar surface area (TPSA) is 70.7 Å². The number of carbonyl (C=O) groups excluding carboxylic acids is 2. The standard InChI is InChI=1S/C22H31N3O3/c1-23-21(27)22-12-19(24-20(26)17-7-9-28-10-8-17)11-18(22)14-25(15-22)13-16-5-3-2-4-6-16/h2-6,17-19H,7-15H2,1H3,(H,23,27)(H,24,26)/t18-,19-,22-/m0/s1. The first-order chi connectivity index (χ1) is 13.6. The minimum absolute atomic E-state index is 0.0553. The summed E-state index contributed by atoms with van der Waals surface area (Å²) in [5, 5.41) is 6.15. The molecule has 4 rings (SSSR count). The van der Waals surface area contributed by atoms with Gasteiger partial charge in [0.25, 0.3) is 0 Å². The van der Waals surface area contributed by atoms with Gasteiger partial charge in [0.05, 0.1) is 5.41 Å². The van der Waals surface area contributed by atoms with E-state index in [-0.39, 0.29) is 29.7 Å². The molecule has 1 aromatic carbocycles. The average molecular weight is 386 g/mol. The lowest BCUT2D eigenvalue weighted by molar-refractivity contribution is -0.132. The highest BCUT2D eigenvalue weighted by Gasteiger charge is 2.57. The molecule has 2 aliphatic heterocycles. The number of likely N-dealkylation sites (tertiary alicyclic amines) is 1. The molecule has 28 heavy (non-hydrogen) atoms. The van der Waals surface area contributed by atoms with Crippen molar-refractivity contribution in [3.63, 3.8) is 0 Å². The molecule has 2 amide bonds. The van der Waals surface area contributed by atoms with Crippen molar-refractivity contribution in [2.45, 2.75) is 38.3 Å². The van der Waals surface area contributed by atoms with Crippen molar-refractivity contribution >= 4 is 11.8 Å². The van der Waals surface area contributed by atoms with Crippen LogP contribution in [0.5, 0.6) is 0 Å². The molecule has 152 valence electrons. The number of carbonyl (C=O) groups is 2. The van der Waals surface area contributed by atoms with Crippen LogP contribution in [0.25, 0.3) is 0 Å². The first-order valence-corrected chi connectivity index (χ1v) is 10.5. The molecule has 1 saturated carbocycles. The normalized spacial score (nSPS) is 30.8. The second-order valence-electron chi connectivity index (χ2n) is 8.62. The van der Waals surface area contributed by atoms with Crippen LogP contribution in [0.3, 0.4) is 0 Å². The number of nitrogens with zero attached hydrogens (tertiary/aromatic N) is 1. The summed E-state index contributed by atoms with van der Waals surface area (Å²) in [6.45, 7) is 3.88. The molecule has 6 heteroatoms. The highest BCUT2D eigenvalue weighted by molar-refractivity contribution is 5.84. The van der Waals surface area contributed by atoms with E-state index in [0.717, 1.165) is 45.3 Å². The summed E-state index contributed by atoms with van der Waals surface area (Å²) in [7, 11) is 1.72. The minimum atomic E-state index is -0.392. The van der Waals surface area contributed by atoms with E-state index in [2.05, 4.69) is 39.8 Å². The lowest BCUT2D eigenvalue weighted by Gasteiger charge is -2.28. The monoisotopic (exact) mass is 385 g/mol. The van der Waals surface area contributed by atoms with Gasteiger partial charge in [0, 0.05) is 51.9 Å². The quantitative estimate of drug-likeness (QED) is 0.807. The van der Waals surface area contributed by atoms with Crippen molar-refractivity contribution in [2.24, 2.45) is 17.3 Å². The summed E-state index contributed by atoms with van der Waals surface area (Å²) >= 11 is 0. The van der Waals surface area contributed by atoms with Gasteiger partial charge in [-0.3, -0.25) is 14.5 Å². The number of hydrogen-bond donors (Lipinski definition) is 2. The molecule has 0 radical (unpaired) electrons. The molecule has 0 bridgehead atoms. The zero-order chi connectivity index (χ0) is 19.6. The van der Waals surface area contributed by atoms with Crippen molar-refractivity contribution in [3.8, 4) is 0 Å². The van der Waals surface area contributed by atoms with Gasteiger partial charge in [-0.1, -0.05) is 30.3 Å². The number of amides is 2. The highest BCUT2D eigenvalue weighted by atomic mass is 16.5. The second kappa shape index (κ2) is 8.21. The Labute approximate surface area is 167 Å². The fourth-order valence-corrected chi connectivity index (χ4v) is 5.43. The number of fused-ring (bicyclic) bond motifs is 1. The SMILES string of the molecule is CNC(=O)[C@]12C[C@@H](NC(=O)C3CCOCC3)C[C@H]1CN(Cc1ccccc1)C2. The van der Waals surface area contributed by atoms with Crippen LogP contribution in [0.1, 0.15) is 31.2 Å². The first kappa shape index (κ1) is 19.4. The molecule has 0 unspecified atom stereocenters. The molecule has 0 spiro atoms. The molecule has 0 aromatic heterocycles. The van der Waals surface area contributed by atoms with Crippen molar-refractivity contribution in [2.75, 3.05) is 33.4 Å². The zero-order valence-corrected chi connectivity index (χ0v) is 16.7. The number of hydrogen-bond acceptors (Lipinski definition) is 4. The van der Waals surface area contributed by atoms with Gasteiger partial charge in [-0.25, -0.2) is 0 Å². The maximum Gasteiger partial charge on any atom is 0.227 e. The third-order valence-electron chi connectivity index (χ3n) is 6.81. The molecule has 2 N–H and O–H groups in total. The summed E-state index contributed by atoms with van der Waals surface area (Å²) < 4.78 is 5.36. The Morgan fingerprint density at radius 1 is 1.21 bits per heavy atom. The van der Waals surface area contributed by atoms with E-state index in [1.54, 1.807) is 7.05 Å². The van der Waals surface area contributed by atoms with Gasteiger partial charge in [-0.05, 0) is 37.2 Å². The maximum atomic E-state index is 12.9. The predicted octanol–water partition coefficient (Wildman–Crippen LogP) is 1.56. The van der Waals surface area contributed by atoms with Crippen molar-refractivity contribution in [1.29, 1.82) is 0 Å². The summed E-state index contributed by atoms with van der Waals surface area (Å²) in [5.74, 6) is 0.605. The van der Waals surface area contributed by atoms with Gasteiger partial charge in [-0.15, -0.1) is 0 Å². The van der Waals surface area contributed by atoms with E-state index in [9.17, 15) is 9.59 Å². The second-order valence-corrected chi connectivity index (χ2v) is 8.62. The van der Waals surface area contributed by atoms with Crippen LogP contribution in [0.4, 0.5) is 0 Å². The Morgan fingerprint density at radius 3 is 2.68 bits per heavy atom. The van der Waals surface area contributed by atoms with E-state index in [0.29, 0.717) is 13.2 Å². The average Bonchev–Trinajstić information content (AvgIpc) is 3.22. The predicted molar refractivity (Wildman–Crippen MR) is 106 cm³/mol. The van der Waals surface area contributed by atoms with Crippen LogP contribution < -0.4 is 10.6 Å². The Bertz CT molecular complexity index is 704. The molecular weight excluding hydrogens is 354 g/mol. The number of rotatable bonds is 5. The van der Waals surface area contributed by atoms with Crippen molar-refractivity contribution in [1.82, 2.24) is 15.5 Å². The highest BCUT2D eigenvalue weighted by Crippen LogP contribution is 2.49. The van der Waals surface area contributed by atoms with Crippen LogP contribution in [-0.2, 0) is 20.9 Å². The van der Waals surface area contributed by atoms with E-state index in [1.807, 2.05) is 6.07 Å². The lowest BCUT2D eigenvalue weighted by atomic mass is 9.80. The molecular formula is C22H31N3O3. The fourth-order valence-electron chi connectivity index (χ4n) is 5.43. The Balaban J connectivity index is 1.41. The van der Waals surface area contributed by atoms with Crippen LogP contribution >= 0.6 is 0 Å². The third-order valence-corrected chi connectivity index (χ3v) is 6.81. The van der Waals surface area contributed by atoms with E-state index < -0.39 is 5.41 Å². The summed E-state index contributed by atoms with van der Waals surface area (Å²) in [6, 6.07) is 10.5. The van der Waals surface area contributed by atoms with Gasteiger partial charge >= 0.3 is 0 Å². The van der Waals surface area contributed by atoms with Gasteiger partial charge < -0.3 is 15.4 Å². The lowest BCUT2D eigenvalue weighted by Crippen LogP contribution is -2.45. The molecule has 3 fully saturated rings. The molecule has 1 aliphatic carbocycles. The van der Waals surface area contributed by atoms with Crippen LogP contribution in [0, 0.1) is 17.3 Å². The Kier molecular flexibility index (Phi) is 5.69. The zero-order valence-electron chi connectivity index (χ0n) is 16.7. The minimum Gasteiger partial charge on any atom is -0.381 e. The summed E-state index contributed by atoms with van der Waals surface area (Å²) in [6.07, 6.45) is 3.21. The largest absolute Gasteiger partial charge is 0.381 e. The van der Waals surface area contributed by atoms with Crippen LogP contribution in [-0.4, -0.2) is 56.1 Å². The molecule has 2 saturated heterocycles. The van der Waals surface area contributed by atoms with Crippen molar-refractivity contribution < 1.29 is 14.3 Å². The van der Waals surface area contributed by atoms with Gasteiger partial charge in [0.2, 0.25) is 11.8 Å². The van der Waals surface area contributed by atoms with Crippen LogP contribution in [0.2, 0.25) is 0 Å². The van der Waals surface area contributed by atoms with Gasteiger partial charge in [0.15, 0.2) is 0 Å². The molecule has 3 atom stereocenters. The Morgan fingerprint density at radius 2 is 1.96 bits per heavy atom.